The molecule has 3 rings (SSSR count). The molecule has 2 aromatic carbocycles. The highest BCUT2D eigenvalue weighted by Gasteiger charge is 2.29. The largest absolute Gasteiger partial charge is 0.480 e. The van der Waals surface area contributed by atoms with Crippen molar-refractivity contribution in [1.82, 2.24) is 5.32 Å². The number of carboxylic acid groups (broad SMARTS) is 1. The van der Waals surface area contributed by atoms with Gasteiger partial charge in [0.05, 0.1) is 0 Å². The summed E-state index contributed by atoms with van der Waals surface area (Å²) >= 11 is 0. The third-order valence-electron chi connectivity index (χ3n) is 4.32. The van der Waals surface area contributed by atoms with E-state index in [4.69, 9.17) is 10.5 Å². The van der Waals surface area contributed by atoms with E-state index < -0.39 is 18.1 Å². The van der Waals surface area contributed by atoms with Gasteiger partial charge in [0, 0.05) is 17.5 Å². The van der Waals surface area contributed by atoms with Crippen molar-refractivity contribution >= 4 is 33.7 Å². The number of amides is 1. The van der Waals surface area contributed by atoms with Crippen molar-refractivity contribution in [2.24, 2.45) is 5.73 Å². The van der Waals surface area contributed by atoms with Gasteiger partial charge in [0.1, 0.15) is 12.6 Å². The first-order valence-corrected chi connectivity index (χ1v) is 10.9. The fourth-order valence-electron chi connectivity index (χ4n) is 3.12. The Bertz CT molecular complexity index is 785. The summed E-state index contributed by atoms with van der Waals surface area (Å²) in [6.07, 6.45) is -0.734. The van der Waals surface area contributed by atoms with Crippen molar-refractivity contribution in [3.8, 4) is 11.1 Å². The van der Waals surface area contributed by atoms with Gasteiger partial charge in [-0.3, -0.25) is 0 Å². The minimum atomic E-state index is -1.10. The topological polar surface area (TPSA) is 102 Å². The molecule has 4 N–H and O–H groups in total. The predicted molar refractivity (Wildman–Crippen MR) is 109 cm³/mol. The Kier molecular flexibility index (Phi) is 6.65. The summed E-state index contributed by atoms with van der Waals surface area (Å²) in [5.74, 6) is -0.578. The zero-order valence-corrected chi connectivity index (χ0v) is 16.1. The van der Waals surface area contributed by atoms with Crippen molar-refractivity contribution in [2.45, 2.75) is 12.0 Å². The lowest BCUT2D eigenvalue weighted by molar-refractivity contribution is -0.138. The SMILES string of the molecule is NCSSCC(NC(=O)OCC1c2ccccc2-c2ccccc21)C(=O)O. The Labute approximate surface area is 165 Å². The monoisotopic (exact) mass is 404 g/mol. The van der Waals surface area contributed by atoms with E-state index in [1.165, 1.54) is 21.6 Å². The number of carbonyl (C=O) groups excluding carboxylic acids is 1. The van der Waals surface area contributed by atoms with Gasteiger partial charge in [-0.05, 0) is 22.3 Å². The van der Waals surface area contributed by atoms with Crippen LogP contribution in [-0.2, 0) is 9.53 Å². The number of fused-ring (bicyclic) bond motifs is 3. The molecule has 142 valence electrons. The lowest BCUT2D eigenvalue weighted by Crippen LogP contribution is -2.43. The predicted octanol–water partition coefficient (Wildman–Crippen LogP) is 3.28. The molecule has 0 bridgehead atoms. The van der Waals surface area contributed by atoms with E-state index in [9.17, 15) is 14.7 Å². The molecule has 1 unspecified atom stereocenters. The summed E-state index contributed by atoms with van der Waals surface area (Å²) < 4.78 is 5.37. The van der Waals surface area contributed by atoms with Crippen molar-refractivity contribution in [3.05, 3.63) is 59.7 Å². The number of nitrogens with one attached hydrogen (secondary N) is 1. The number of ether oxygens (including phenoxy) is 1. The summed E-state index contributed by atoms with van der Waals surface area (Å²) in [5.41, 5.74) is 9.86. The average Bonchev–Trinajstić information content (AvgIpc) is 2.99. The number of alkyl carbamates (subject to hydrolysis) is 1. The molecule has 1 amide bonds. The Balaban J connectivity index is 1.64. The van der Waals surface area contributed by atoms with Crippen molar-refractivity contribution in [3.63, 3.8) is 0 Å². The molecule has 8 heteroatoms. The van der Waals surface area contributed by atoms with Gasteiger partial charge in [-0.15, -0.1) is 0 Å². The van der Waals surface area contributed by atoms with Crippen LogP contribution in [0.1, 0.15) is 17.0 Å². The Morgan fingerprint density at radius 3 is 2.22 bits per heavy atom. The van der Waals surface area contributed by atoms with Crippen LogP contribution in [-0.4, -0.2) is 41.4 Å². The second-order valence-corrected chi connectivity index (χ2v) is 8.48. The van der Waals surface area contributed by atoms with Crippen LogP contribution in [0.3, 0.4) is 0 Å². The Morgan fingerprint density at radius 1 is 1.07 bits per heavy atom. The van der Waals surface area contributed by atoms with E-state index in [0.717, 1.165) is 22.3 Å². The molecule has 0 aromatic heterocycles. The highest BCUT2D eigenvalue weighted by atomic mass is 33.1. The van der Waals surface area contributed by atoms with E-state index in [0.29, 0.717) is 5.88 Å². The molecular weight excluding hydrogens is 384 g/mol. The smallest absolute Gasteiger partial charge is 0.407 e. The van der Waals surface area contributed by atoms with Gasteiger partial charge in [0.2, 0.25) is 0 Å². The zero-order chi connectivity index (χ0) is 19.2. The molecule has 0 radical (unpaired) electrons. The summed E-state index contributed by atoms with van der Waals surface area (Å²) in [6, 6.07) is 15.0. The molecule has 0 heterocycles. The van der Waals surface area contributed by atoms with Gasteiger partial charge in [0.15, 0.2) is 0 Å². The summed E-state index contributed by atoms with van der Waals surface area (Å²) in [5, 5.41) is 11.6. The van der Waals surface area contributed by atoms with Gasteiger partial charge in [0.25, 0.3) is 0 Å². The molecule has 0 aliphatic heterocycles. The number of nitrogens with two attached hydrogens (primary N) is 1. The number of hydrogen-bond donors (Lipinski definition) is 3. The first kappa shape index (κ1) is 19.6. The third-order valence-corrected chi connectivity index (χ3v) is 6.41. The summed E-state index contributed by atoms with van der Waals surface area (Å²) in [6.45, 7) is 0.150. The van der Waals surface area contributed by atoms with E-state index in [2.05, 4.69) is 17.4 Å². The fraction of sp³-hybridized carbons (Fsp3) is 0.263. The number of carboxylic acids is 1. The van der Waals surface area contributed by atoms with Crippen molar-refractivity contribution in [1.29, 1.82) is 0 Å². The molecule has 1 aliphatic rings. The van der Waals surface area contributed by atoms with Crippen LogP contribution in [0.2, 0.25) is 0 Å². The van der Waals surface area contributed by atoms with E-state index in [1.807, 2.05) is 36.4 Å². The maximum atomic E-state index is 12.1. The fourth-order valence-corrected chi connectivity index (χ4v) is 4.66. The minimum Gasteiger partial charge on any atom is -0.480 e. The quantitative estimate of drug-likeness (QED) is 0.352. The molecular formula is C19H20N2O4S2. The van der Waals surface area contributed by atoms with Crippen molar-refractivity contribution in [2.75, 3.05) is 18.2 Å². The lowest BCUT2D eigenvalue weighted by Gasteiger charge is -2.17. The first-order chi connectivity index (χ1) is 13.1. The zero-order valence-electron chi connectivity index (χ0n) is 14.5. The van der Waals surface area contributed by atoms with Gasteiger partial charge in [-0.2, -0.15) is 0 Å². The molecule has 0 saturated heterocycles. The van der Waals surface area contributed by atoms with Gasteiger partial charge in [-0.25, -0.2) is 9.59 Å². The van der Waals surface area contributed by atoms with Gasteiger partial charge in [-0.1, -0.05) is 70.1 Å². The minimum absolute atomic E-state index is 0.0615. The standard InChI is InChI=1S/C19H20N2O4S2/c20-11-27-26-10-17(18(22)23)21-19(24)25-9-16-14-7-3-1-5-12(14)13-6-2-4-8-15(13)16/h1-8,16-17H,9-11,20H2,(H,21,24)(H,22,23). The molecule has 2 aromatic rings. The number of rotatable bonds is 8. The van der Waals surface area contributed by atoms with Crippen LogP contribution in [0.4, 0.5) is 4.79 Å². The maximum absolute atomic E-state index is 12.1. The summed E-state index contributed by atoms with van der Waals surface area (Å²) in [4.78, 5) is 23.4. The Hall–Kier alpha value is -2.16. The lowest BCUT2D eigenvalue weighted by atomic mass is 9.98. The number of aliphatic carboxylic acids is 1. The van der Waals surface area contributed by atoms with E-state index in [-0.39, 0.29) is 18.3 Å². The van der Waals surface area contributed by atoms with Gasteiger partial charge >= 0.3 is 12.1 Å². The Morgan fingerprint density at radius 2 is 1.67 bits per heavy atom. The van der Waals surface area contributed by atoms with Crippen LogP contribution in [0.15, 0.2) is 48.5 Å². The number of benzene rings is 2. The van der Waals surface area contributed by atoms with Crippen LogP contribution in [0.5, 0.6) is 0 Å². The van der Waals surface area contributed by atoms with Crippen LogP contribution in [0.25, 0.3) is 11.1 Å². The highest BCUT2D eigenvalue weighted by Crippen LogP contribution is 2.44. The van der Waals surface area contributed by atoms with Gasteiger partial charge < -0.3 is 20.9 Å². The van der Waals surface area contributed by atoms with Crippen LogP contribution < -0.4 is 11.1 Å². The summed E-state index contributed by atoms with van der Waals surface area (Å²) in [7, 11) is 2.64. The number of hydrogen-bond acceptors (Lipinski definition) is 6. The molecule has 0 fully saturated rings. The molecule has 0 saturated carbocycles. The van der Waals surface area contributed by atoms with Crippen LogP contribution in [0, 0.1) is 0 Å². The molecule has 6 nitrogen and oxygen atoms in total. The first-order valence-electron chi connectivity index (χ1n) is 8.40. The molecule has 0 spiro atoms. The normalized spacial score (nSPS) is 13.5. The maximum Gasteiger partial charge on any atom is 0.407 e. The third kappa shape index (κ3) is 4.58. The van der Waals surface area contributed by atoms with E-state index >= 15 is 0 Å². The van der Waals surface area contributed by atoms with E-state index in [1.54, 1.807) is 0 Å². The second-order valence-electron chi connectivity index (χ2n) is 5.93. The number of carbonyl (C=O) groups is 2. The highest BCUT2D eigenvalue weighted by molar-refractivity contribution is 8.76. The second kappa shape index (κ2) is 9.16. The average molecular weight is 405 g/mol. The van der Waals surface area contributed by atoms with Crippen LogP contribution >= 0.6 is 21.6 Å². The molecule has 1 atom stereocenters. The molecule has 27 heavy (non-hydrogen) atoms. The van der Waals surface area contributed by atoms with Crippen molar-refractivity contribution < 1.29 is 19.4 Å². The molecule has 1 aliphatic carbocycles.